The van der Waals surface area contributed by atoms with Gasteiger partial charge in [0.05, 0.1) is 5.56 Å². The third-order valence-corrected chi connectivity index (χ3v) is 3.19. The van der Waals surface area contributed by atoms with E-state index in [4.69, 9.17) is 4.74 Å². The van der Waals surface area contributed by atoms with Crippen LogP contribution in [0.5, 0.6) is 5.75 Å². The summed E-state index contributed by atoms with van der Waals surface area (Å²) < 4.78 is 33.2. The number of rotatable bonds is 2. The Kier molecular flexibility index (Phi) is 3.12. The number of halogens is 2. The number of aryl methyl sites for hydroxylation is 1. The van der Waals surface area contributed by atoms with Crippen LogP contribution in [-0.2, 0) is 18.8 Å². The molecule has 1 heterocycles. The molecule has 0 aliphatic carbocycles. The largest absolute Gasteiger partial charge is 0.486 e. The SMILES string of the molecule is CCc1ccc(CC(C)(C)C)c2c1OCC2(F)F. The fourth-order valence-electron chi connectivity index (χ4n) is 2.46. The molecule has 3 heteroatoms. The summed E-state index contributed by atoms with van der Waals surface area (Å²) in [6, 6.07) is 3.76. The van der Waals surface area contributed by atoms with Crippen LogP contribution in [0.3, 0.4) is 0 Å². The van der Waals surface area contributed by atoms with E-state index in [0.717, 1.165) is 11.1 Å². The van der Waals surface area contributed by atoms with Crippen LogP contribution in [0.2, 0.25) is 0 Å². The van der Waals surface area contributed by atoms with Crippen molar-refractivity contribution in [1.29, 1.82) is 0 Å². The van der Waals surface area contributed by atoms with E-state index in [-0.39, 0.29) is 11.0 Å². The second kappa shape index (κ2) is 4.22. The third kappa shape index (κ3) is 2.36. The van der Waals surface area contributed by atoms with Crippen LogP contribution in [0.15, 0.2) is 12.1 Å². The van der Waals surface area contributed by atoms with Crippen molar-refractivity contribution >= 4 is 0 Å². The van der Waals surface area contributed by atoms with Gasteiger partial charge < -0.3 is 4.74 Å². The molecule has 1 aliphatic rings. The first-order chi connectivity index (χ1) is 8.24. The van der Waals surface area contributed by atoms with Crippen molar-refractivity contribution in [2.75, 3.05) is 6.61 Å². The van der Waals surface area contributed by atoms with Crippen LogP contribution in [0.1, 0.15) is 44.4 Å². The molecule has 0 bridgehead atoms. The summed E-state index contributed by atoms with van der Waals surface area (Å²) in [5.41, 5.74) is 1.70. The van der Waals surface area contributed by atoms with Crippen LogP contribution in [0.25, 0.3) is 0 Å². The average molecular weight is 254 g/mol. The second-order valence-corrected chi connectivity index (χ2v) is 6.17. The average Bonchev–Trinajstić information content (AvgIpc) is 2.54. The lowest BCUT2D eigenvalue weighted by Gasteiger charge is -2.22. The maximum Gasteiger partial charge on any atom is 0.310 e. The van der Waals surface area contributed by atoms with E-state index in [1.807, 2.05) is 19.1 Å². The van der Waals surface area contributed by atoms with Gasteiger partial charge >= 0.3 is 5.92 Å². The number of hydrogen-bond acceptors (Lipinski definition) is 1. The van der Waals surface area contributed by atoms with Gasteiger partial charge in [-0.15, -0.1) is 0 Å². The van der Waals surface area contributed by atoms with E-state index in [2.05, 4.69) is 20.8 Å². The molecule has 0 spiro atoms. The predicted octanol–water partition coefficient (Wildman–Crippen LogP) is 4.32. The monoisotopic (exact) mass is 254 g/mol. The molecule has 18 heavy (non-hydrogen) atoms. The Morgan fingerprint density at radius 3 is 2.39 bits per heavy atom. The van der Waals surface area contributed by atoms with Crippen LogP contribution < -0.4 is 4.74 Å². The number of fused-ring (bicyclic) bond motifs is 1. The van der Waals surface area contributed by atoms with Gasteiger partial charge in [-0.05, 0) is 29.4 Å². The minimum Gasteiger partial charge on any atom is -0.486 e. The van der Waals surface area contributed by atoms with Gasteiger partial charge in [0.15, 0.2) is 6.61 Å². The minimum atomic E-state index is -2.85. The third-order valence-electron chi connectivity index (χ3n) is 3.19. The van der Waals surface area contributed by atoms with Crippen LogP contribution in [0, 0.1) is 5.41 Å². The van der Waals surface area contributed by atoms with Crippen molar-refractivity contribution in [3.05, 3.63) is 28.8 Å². The first-order valence-corrected chi connectivity index (χ1v) is 6.40. The van der Waals surface area contributed by atoms with Crippen molar-refractivity contribution in [1.82, 2.24) is 0 Å². The fourth-order valence-corrected chi connectivity index (χ4v) is 2.46. The Balaban J connectivity index is 2.54. The van der Waals surface area contributed by atoms with Crippen LogP contribution in [0.4, 0.5) is 8.78 Å². The number of ether oxygens (including phenoxy) is 1. The lowest BCUT2D eigenvalue weighted by molar-refractivity contribution is -0.0221. The van der Waals surface area contributed by atoms with Gasteiger partial charge in [0.1, 0.15) is 5.75 Å². The summed E-state index contributed by atoms with van der Waals surface area (Å²) in [7, 11) is 0. The zero-order valence-corrected chi connectivity index (χ0v) is 11.4. The summed E-state index contributed by atoms with van der Waals surface area (Å²) >= 11 is 0. The molecule has 0 fully saturated rings. The minimum absolute atomic E-state index is 0.0137. The first-order valence-electron chi connectivity index (χ1n) is 6.40. The van der Waals surface area contributed by atoms with Gasteiger partial charge in [-0.25, -0.2) is 0 Å². The molecule has 0 saturated carbocycles. The van der Waals surface area contributed by atoms with E-state index in [1.165, 1.54) is 0 Å². The molecule has 1 aliphatic heterocycles. The summed E-state index contributed by atoms with van der Waals surface area (Å²) in [6.07, 6.45) is 1.35. The number of benzene rings is 1. The maximum atomic E-state index is 14.0. The standard InChI is InChI=1S/C15H20F2O/c1-5-10-6-7-11(8-14(2,3)4)12-13(10)18-9-15(12,16)17/h6-7H,5,8-9H2,1-4H3. The van der Waals surface area contributed by atoms with Gasteiger partial charge in [-0.2, -0.15) is 8.78 Å². The summed E-state index contributed by atoms with van der Waals surface area (Å²) in [4.78, 5) is 0. The van der Waals surface area contributed by atoms with Crippen molar-refractivity contribution in [3.63, 3.8) is 0 Å². The molecule has 1 aromatic carbocycles. The topological polar surface area (TPSA) is 9.23 Å². The van der Waals surface area contributed by atoms with Gasteiger partial charge in [-0.3, -0.25) is 0 Å². The molecule has 100 valence electrons. The van der Waals surface area contributed by atoms with E-state index in [1.54, 1.807) is 0 Å². The lowest BCUT2D eigenvalue weighted by atomic mass is 9.84. The number of hydrogen-bond donors (Lipinski definition) is 0. The summed E-state index contributed by atoms with van der Waals surface area (Å²) in [5, 5.41) is 0. The second-order valence-electron chi connectivity index (χ2n) is 6.17. The summed E-state index contributed by atoms with van der Waals surface area (Å²) in [6.45, 7) is 7.61. The number of alkyl halides is 2. The van der Waals surface area contributed by atoms with Gasteiger partial charge in [0, 0.05) is 0 Å². The predicted molar refractivity (Wildman–Crippen MR) is 68.4 cm³/mol. The lowest BCUT2D eigenvalue weighted by Crippen LogP contribution is -2.18. The molecule has 0 unspecified atom stereocenters. The first kappa shape index (κ1) is 13.3. The van der Waals surface area contributed by atoms with Gasteiger partial charge in [0.25, 0.3) is 0 Å². The van der Waals surface area contributed by atoms with Crippen molar-refractivity contribution in [3.8, 4) is 5.75 Å². The smallest absolute Gasteiger partial charge is 0.310 e. The zero-order valence-electron chi connectivity index (χ0n) is 11.4. The maximum absolute atomic E-state index is 14.0. The highest BCUT2D eigenvalue weighted by atomic mass is 19.3. The Bertz CT molecular complexity index is 458. The quantitative estimate of drug-likeness (QED) is 0.763. The fraction of sp³-hybridized carbons (Fsp3) is 0.600. The Labute approximate surface area is 107 Å². The van der Waals surface area contributed by atoms with E-state index >= 15 is 0 Å². The Morgan fingerprint density at radius 2 is 1.83 bits per heavy atom. The summed E-state index contributed by atoms with van der Waals surface area (Å²) in [5.74, 6) is -2.43. The van der Waals surface area contributed by atoms with E-state index in [9.17, 15) is 8.78 Å². The zero-order chi connectivity index (χ0) is 13.6. The van der Waals surface area contributed by atoms with Crippen molar-refractivity contribution in [2.45, 2.75) is 46.5 Å². The highest BCUT2D eigenvalue weighted by Crippen LogP contribution is 2.46. The molecule has 0 radical (unpaired) electrons. The molecule has 0 atom stereocenters. The molecule has 0 saturated heterocycles. The van der Waals surface area contributed by atoms with Crippen LogP contribution >= 0.6 is 0 Å². The highest BCUT2D eigenvalue weighted by molar-refractivity contribution is 5.51. The Morgan fingerprint density at radius 1 is 1.22 bits per heavy atom. The van der Waals surface area contributed by atoms with Gasteiger partial charge in [0.2, 0.25) is 0 Å². The molecule has 0 aromatic heterocycles. The Hall–Kier alpha value is -1.12. The molecule has 2 rings (SSSR count). The molecular weight excluding hydrogens is 234 g/mol. The van der Waals surface area contributed by atoms with Crippen LogP contribution in [-0.4, -0.2) is 6.61 Å². The molecule has 0 amide bonds. The van der Waals surface area contributed by atoms with E-state index < -0.39 is 12.5 Å². The van der Waals surface area contributed by atoms with Crippen molar-refractivity contribution in [2.24, 2.45) is 5.41 Å². The van der Waals surface area contributed by atoms with E-state index in [0.29, 0.717) is 18.6 Å². The molecule has 1 nitrogen and oxygen atoms in total. The molecule has 0 N–H and O–H groups in total. The highest BCUT2D eigenvalue weighted by Gasteiger charge is 2.44. The molecule has 1 aromatic rings. The normalized spacial score (nSPS) is 17.4. The van der Waals surface area contributed by atoms with Gasteiger partial charge in [-0.1, -0.05) is 39.8 Å². The molecular formula is C15H20F2O. The van der Waals surface area contributed by atoms with Crippen molar-refractivity contribution < 1.29 is 13.5 Å².